The maximum Gasteiger partial charge on any atom is 0.241 e. The number of unbranched alkanes of at least 4 members (excludes halogenated alkanes) is 1. The van der Waals surface area contributed by atoms with Crippen LogP contribution in [0.1, 0.15) is 12.8 Å². The standard InChI is InChI=1S/C14H17ClN2O2S/c15-13-7-8-14(12-6-2-1-5-11(12)13)20(18,19)17-10-4-3-9-16/h1-2,5-8,17H,3-4,9-10,16H2. The fourth-order valence-electron chi connectivity index (χ4n) is 2.02. The number of fused-ring (bicyclic) bond motifs is 1. The second kappa shape index (κ2) is 6.54. The van der Waals surface area contributed by atoms with Crippen molar-refractivity contribution in [3.05, 3.63) is 41.4 Å². The van der Waals surface area contributed by atoms with Crippen LogP contribution in [-0.2, 0) is 10.0 Å². The van der Waals surface area contributed by atoms with Crippen molar-refractivity contribution in [3.63, 3.8) is 0 Å². The first-order valence-corrected chi connectivity index (χ1v) is 8.29. The second-order valence-electron chi connectivity index (χ2n) is 4.48. The summed E-state index contributed by atoms with van der Waals surface area (Å²) in [6, 6.07) is 10.3. The summed E-state index contributed by atoms with van der Waals surface area (Å²) >= 11 is 6.10. The maximum atomic E-state index is 12.3. The molecule has 2 aromatic carbocycles. The van der Waals surface area contributed by atoms with Gasteiger partial charge in [-0.2, -0.15) is 0 Å². The Morgan fingerprint density at radius 3 is 2.45 bits per heavy atom. The molecular formula is C14H17ClN2O2S. The SMILES string of the molecule is NCCCCNS(=O)(=O)c1ccc(Cl)c2ccccc12. The van der Waals surface area contributed by atoms with Crippen molar-refractivity contribution in [3.8, 4) is 0 Å². The summed E-state index contributed by atoms with van der Waals surface area (Å²) in [7, 11) is -3.53. The highest BCUT2D eigenvalue weighted by Gasteiger charge is 2.17. The Hall–Kier alpha value is -1.14. The third-order valence-electron chi connectivity index (χ3n) is 3.04. The zero-order valence-corrected chi connectivity index (χ0v) is 12.5. The molecule has 20 heavy (non-hydrogen) atoms. The number of nitrogens with two attached hydrogens (primary N) is 1. The van der Waals surface area contributed by atoms with E-state index in [2.05, 4.69) is 4.72 Å². The van der Waals surface area contributed by atoms with E-state index in [4.69, 9.17) is 17.3 Å². The topological polar surface area (TPSA) is 72.2 Å². The first kappa shape index (κ1) is 15.3. The highest BCUT2D eigenvalue weighted by molar-refractivity contribution is 7.89. The van der Waals surface area contributed by atoms with E-state index in [0.717, 1.165) is 18.2 Å². The van der Waals surface area contributed by atoms with Crippen LogP contribution in [0.4, 0.5) is 0 Å². The van der Waals surface area contributed by atoms with Crippen molar-refractivity contribution >= 4 is 32.4 Å². The van der Waals surface area contributed by atoms with Crippen LogP contribution >= 0.6 is 11.6 Å². The Bertz CT molecular complexity index is 701. The summed E-state index contributed by atoms with van der Waals surface area (Å²) < 4.78 is 27.3. The van der Waals surface area contributed by atoms with Gasteiger partial charge in [-0.1, -0.05) is 35.9 Å². The van der Waals surface area contributed by atoms with Gasteiger partial charge in [0.25, 0.3) is 0 Å². The van der Waals surface area contributed by atoms with Crippen molar-refractivity contribution in [1.29, 1.82) is 0 Å². The molecular weight excluding hydrogens is 296 g/mol. The molecule has 0 spiro atoms. The molecule has 0 aromatic heterocycles. The quantitative estimate of drug-likeness (QED) is 0.805. The molecule has 0 aliphatic heterocycles. The summed E-state index contributed by atoms with van der Waals surface area (Å²) in [6.07, 6.45) is 1.52. The zero-order chi connectivity index (χ0) is 14.6. The third kappa shape index (κ3) is 3.30. The van der Waals surface area contributed by atoms with Gasteiger partial charge in [0.15, 0.2) is 0 Å². The van der Waals surface area contributed by atoms with E-state index in [1.165, 1.54) is 6.07 Å². The van der Waals surface area contributed by atoms with Crippen LogP contribution in [0.25, 0.3) is 10.8 Å². The smallest absolute Gasteiger partial charge is 0.241 e. The van der Waals surface area contributed by atoms with Gasteiger partial charge in [0.05, 0.1) is 4.90 Å². The molecule has 0 bridgehead atoms. The second-order valence-corrected chi connectivity index (χ2v) is 6.63. The van der Waals surface area contributed by atoms with Crippen LogP contribution in [0.5, 0.6) is 0 Å². The Morgan fingerprint density at radius 1 is 1.05 bits per heavy atom. The van der Waals surface area contributed by atoms with Crippen LogP contribution in [0.3, 0.4) is 0 Å². The van der Waals surface area contributed by atoms with Crippen molar-refractivity contribution < 1.29 is 8.42 Å². The van der Waals surface area contributed by atoms with E-state index in [1.54, 1.807) is 18.2 Å². The molecule has 0 aliphatic rings. The Kier molecular flexibility index (Phi) is 4.99. The van der Waals surface area contributed by atoms with E-state index in [9.17, 15) is 8.42 Å². The third-order valence-corrected chi connectivity index (χ3v) is 4.89. The normalized spacial score (nSPS) is 11.9. The van der Waals surface area contributed by atoms with Crippen LogP contribution in [-0.4, -0.2) is 21.5 Å². The van der Waals surface area contributed by atoms with E-state index in [0.29, 0.717) is 23.5 Å². The predicted molar refractivity (Wildman–Crippen MR) is 82.4 cm³/mol. The minimum atomic E-state index is -3.53. The average Bonchev–Trinajstić information content (AvgIpc) is 2.44. The monoisotopic (exact) mass is 312 g/mol. The Labute approximate surface area is 124 Å². The van der Waals surface area contributed by atoms with Crippen molar-refractivity contribution in [2.75, 3.05) is 13.1 Å². The number of nitrogens with one attached hydrogen (secondary N) is 1. The van der Waals surface area contributed by atoms with E-state index in [1.807, 2.05) is 12.1 Å². The van der Waals surface area contributed by atoms with Crippen molar-refractivity contribution in [2.45, 2.75) is 17.7 Å². The molecule has 0 atom stereocenters. The lowest BCUT2D eigenvalue weighted by atomic mass is 10.1. The van der Waals surface area contributed by atoms with Crippen molar-refractivity contribution in [2.24, 2.45) is 5.73 Å². The van der Waals surface area contributed by atoms with Gasteiger partial charge in [0, 0.05) is 22.3 Å². The van der Waals surface area contributed by atoms with E-state index >= 15 is 0 Å². The molecule has 6 heteroatoms. The number of hydrogen-bond donors (Lipinski definition) is 2. The number of sulfonamides is 1. The molecule has 0 saturated heterocycles. The minimum Gasteiger partial charge on any atom is -0.330 e. The molecule has 0 radical (unpaired) electrons. The summed E-state index contributed by atoms with van der Waals surface area (Å²) in [5, 5.41) is 1.91. The van der Waals surface area contributed by atoms with Crippen molar-refractivity contribution in [1.82, 2.24) is 4.72 Å². The molecule has 108 valence electrons. The van der Waals surface area contributed by atoms with Gasteiger partial charge in [-0.3, -0.25) is 0 Å². The van der Waals surface area contributed by atoms with Gasteiger partial charge < -0.3 is 5.73 Å². The fourth-order valence-corrected chi connectivity index (χ4v) is 3.53. The van der Waals surface area contributed by atoms with Crippen LogP contribution in [0.15, 0.2) is 41.3 Å². The molecule has 0 unspecified atom stereocenters. The molecule has 2 aromatic rings. The predicted octanol–water partition coefficient (Wildman–Crippen LogP) is 2.51. The molecule has 0 amide bonds. The van der Waals surface area contributed by atoms with E-state index in [-0.39, 0.29) is 4.90 Å². The molecule has 2 rings (SSSR count). The van der Waals surface area contributed by atoms with Gasteiger partial charge in [-0.05, 0) is 31.5 Å². The van der Waals surface area contributed by atoms with Crippen LogP contribution < -0.4 is 10.5 Å². The lowest BCUT2D eigenvalue weighted by Gasteiger charge is -2.10. The first-order chi connectivity index (χ1) is 9.56. The number of halogens is 1. The average molecular weight is 313 g/mol. The van der Waals surface area contributed by atoms with Gasteiger partial charge in [0.2, 0.25) is 10.0 Å². The Morgan fingerprint density at radius 2 is 1.75 bits per heavy atom. The number of hydrogen-bond acceptors (Lipinski definition) is 3. The largest absolute Gasteiger partial charge is 0.330 e. The van der Waals surface area contributed by atoms with E-state index < -0.39 is 10.0 Å². The highest BCUT2D eigenvalue weighted by atomic mass is 35.5. The Balaban J connectivity index is 2.35. The minimum absolute atomic E-state index is 0.255. The van der Waals surface area contributed by atoms with Gasteiger partial charge in [-0.15, -0.1) is 0 Å². The van der Waals surface area contributed by atoms with Gasteiger partial charge in [-0.25, -0.2) is 13.1 Å². The first-order valence-electron chi connectivity index (χ1n) is 6.43. The number of benzene rings is 2. The number of rotatable bonds is 6. The molecule has 0 fully saturated rings. The zero-order valence-electron chi connectivity index (χ0n) is 11.0. The maximum absolute atomic E-state index is 12.3. The summed E-state index contributed by atoms with van der Waals surface area (Å²) in [6.45, 7) is 0.947. The molecule has 0 heterocycles. The van der Waals surface area contributed by atoms with Crippen LogP contribution in [0.2, 0.25) is 5.02 Å². The summed E-state index contributed by atoms with van der Waals surface area (Å²) in [5.41, 5.74) is 5.39. The molecule has 4 nitrogen and oxygen atoms in total. The molecule has 0 aliphatic carbocycles. The summed E-state index contributed by atoms with van der Waals surface area (Å²) in [5.74, 6) is 0. The molecule has 0 saturated carbocycles. The van der Waals surface area contributed by atoms with Gasteiger partial charge in [0.1, 0.15) is 0 Å². The lowest BCUT2D eigenvalue weighted by Crippen LogP contribution is -2.25. The lowest BCUT2D eigenvalue weighted by molar-refractivity contribution is 0.578. The summed E-state index contributed by atoms with van der Waals surface area (Å²) in [4.78, 5) is 0.255. The van der Waals surface area contributed by atoms with Gasteiger partial charge >= 0.3 is 0 Å². The highest BCUT2D eigenvalue weighted by Crippen LogP contribution is 2.28. The fraction of sp³-hybridized carbons (Fsp3) is 0.286. The molecule has 3 N–H and O–H groups in total. The van der Waals surface area contributed by atoms with Crippen LogP contribution in [0, 0.1) is 0 Å².